The van der Waals surface area contributed by atoms with Crippen LogP contribution in [0.25, 0.3) is 20.9 Å². The van der Waals surface area contributed by atoms with Gasteiger partial charge in [-0.1, -0.05) is 10.2 Å². The Balaban J connectivity index is 2.07. The minimum absolute atomic E-state index is 0.0442. The van der Waals surface area contributed by atoms with Crippen LogP contribution in [0.3, 0.4) is 0 Å². The second kappa shape index (κ2) is 8.03. The average molecular weight is 317 g/mol. The summed E-state index contributed by atoms with van der Waals surface area (Å²) in [6.07, 6.45) is 2.09. The van der Waals surface area contributed by atoms with Crippen LogP contribution in [0.4, 0.5) is 10.1 Å². The Bertz CT molecular complexity index is 674. The molecule has 0 heterocycles. The molecule has 120 valence electrons. The zero-order chi connectivity index (χ0) is 16.7. The highest BCUT2D eigenvalue weighted by atomic mass is 19.1. The van der Waals surface area contributed by atoms with Crippen molar-refractivity contribution in [3.05, 3.63) is 50.2 Å². The summed E-state index contributed by atoms with van der Waals surface area (Å²) in [5.74, 6) is 0.0474. The van der Waals surface area contributed by atoms with E-state index in [2.05, 4.69) is 25.4 Å². The van der Waals surface area contributed by atoms with Gasteiger partial charge in [-0.15, -0.1) is 0 Å². The molecule has 0 aliphatic heterocycles. The van der Waals surface area contributed by atoms with E-state index in [1.54, 1.807) is 12.1 Å². The Morgan fingerprint density at radius 2 is 2.09 bits per heavy atom. The molecule has 9 heteroatoms. The smallest absolute Gasteiger partial charge is 0.251 e. The summed E-state index contributed by atoms with van der Waals surface area (Å²) in [7, 11) is 0. The number of amides is 1. The van der Waals surface area contributed by atoms with Gasteiger partial charge in [-0.2, -0.15) is 0 Å². The molecule has 2 rings (SSSR count). The van der Waals surface area contributed by atoms with Gasteiger partial charge in [-0.25, -0.2) is 0 Å². The van der Waals surface area contributed by atoms with Crippen LogP contribution in [0.1, 0.15) is 35.2 Å². The van der Waals surface area contributed by atoms with Gasteiger partial charge in [0.25, 0.3) is 5.91 Å². The third-order valence-electron chi connectivity index (χ3n) is 3.80. The first-order valence-corrected chi connectivity index (χ1v) is 7.23. The molecule has 0 atom stereocenters. The fraction of sp³-hybridized carbons (Fsp3) is 0.500. The topological polar surface area (TPSA) is 127 Å². The molecule has 1 N–H and O–H groups in total. The lowest BCUT2D eigenvalue weighted by Crippen LogP contribution is -2.44. The highest BCUT2D eigenvalue weighted by Gasteiger charge is 2.30. The Hall–Kier alpha value is -2.76. The number of benzene rings is 1. The molecule has 1 fully saturated rings. The van der Waals surface area contributed by atoms with Crippen molar-refractivity contribution in [1.29, 1.82) is 0 Å². The van der Waals surface area contributed by atoms with Crippen LogP contribution in [-0.4, -0.2) is 18.6 Å². The number of nitrogens with zero attached hydrogens (tertiary/aromatic N) is 6. The molecule has 0 spiro atoms. The number of rotatable bonds is 7. The van der Waals surface area contributed by atoms with E-state index in [0.717, 1.165) is 12.8 Å². The maximum Gasteiger partial charge on any atom is 0.251 e. The zero-order valence-electron chi connectivity index (χ0n) is 12.4. The quantitative estimate of drug-likeness (QED) is 0.449. The Kier molecular flexibility index (Phi) is 5.80. The molecule has 1 aliphatic carbocycles. The minimum Gasteiger partial charge on any atom is -0.349 e. The molecule has 1 aromatic rings. The highest BCUT2D eigenvalue weighted by Crippen LogP contribution is 2.30. The lowest BCUT2D eigenvalue weighted by Gasteiger charge is -2.35. The predicted octanol–water partition coefficient (Wildman–Crippen LogP) is 4.31. The number of carbonyl (C=O) groups is 1. The van der Waals surface area contributed by atoms with Gasteiger partial charge in [-0.05, 0) is 60.0 Å². The molecule has 0 radical (unpaired) electrons. The van der Waals surface area contributed by atoms with Gasteiger partial charge in [-0.3, -0.25) is 9.18 Å². The third kappa shape index (κ3) is 4.60. The summed E-state index contributed by atoms with van der Waals surface area (Å²) in [6.45, 7) is -0.268. The molecule has 23 heavy (non-hydrogen) atoms. The van der Waals surface area contributed by atoms with Gasteiger partial charge in [0, 0.05) is 27.1 Å². The number of alkyl halides is 1. The second-order valence-corrected chi connectivity index (χ2v) is 5.45. The van der Waals surface area contributed by atoms with E-state index in [9.17, 15) is 9.18 Å². The number of nitrogens with one attached hydrogen (secondary N) is 1. The summed E-state index contributed by atoms with van der Waals surface area (Å²) in [5, 5.41) is 9.81. The van der Waals surface area contributed by atoms with Crippen LogP contribution in [0.15, 0.2) is 28.4 Å². The van der Waals surface area contributed by atoms with Crippen molar-refractivity contribution >= 4 is 11.6 Å². The summed E-state index contributed by atoms with van der Waals surface area (Å²) in [5.41, 5.74) is 18.1. The van der Waals surface area contributed by atoms with Crippen molar-refractivity contribution in [1.82, 2.24) is 5.32 Å². The number of hydrogen-bond acceptors (Lipinski definition) is 3. The molecule has 1 aliphatic rings. The van der Waals surface area contributed by atoms with Gasteiger partial charge >= 0.3 is 0 Å². The van der Waals surface area contributed by atoms with Gasteiger partial charge < -0.3 is 5.32 Å². The van der Waals surface area contributed by atoms with Gasteiger partial charge in [0.15, 0.2) is 0 Å². The first kappa shape index (κ1) is 16.6. The van der Waals surface area contributed by atoms with Crippen LogP contribution in [0.5, 0.6) is 0 Å². The van der Waals surface area contributed by atoms with E-state index in [-0.39, 0.29) is 30.9 Å². The van der Waals surface area contributed by atoms with Gasteiger partial charge in [0.2, 0.25) is 0 Å². The summed E-state index contributed by atoms with van der Waals surface area (Å²) < 4.78 is 12.2. The average Bonchev–Trinajstić information content (AvgIpc) is 2.51. The first-order chi connectivity index (χ1) is 11.2. The highest BCUT2D eigenvalue weighted by molar-refractivity contribution is 5.95. The summed E-state index contributed by atoms with van der Waals surface area (Å²) in [6, 6.07) is 4.68. The van der Waals surface area contributed by atoms with E-state index in [1.807, 2.05) is 0 Å². The normalized spacial score (nSPS) is 19.0. The van der Waals surface area contributed by atoms with Crippen molar-refractivity contribution < 1.29 is 9.18 Å². The lowest BCUT2D eigenvalue weighted by molar-refractivity contribution is 0.0882. The van der Waals surface area contributed by atoms with E-state index < -0.39 is 0 Å². The van der Waals surface area contributed by atoms with Crippen LogP contribution in [0.2, 0.25) is 0 Å². The standard InChI is InChI=1S/C14H16FN7O/c15-2-1-9-4-12(5-9)19-14(23)11-3-10(8-18-21-16)6-13(7-11)20-22-17/h3,6-7,9,12H,1-2,4-5,8H2,(H,19,23). The Morgan fingerprint density at radius 1 is 1.30 bits per heavy atom. The van der Waals surface area contributed by atoms with E-state index >= 15 is 0 Å². The van der Waals surface area contributed by atoms with Crippen molar-refractivity contribution in [3.8, 4) is 0 Å². The fourth-order valence-electron chi connectivity index (χ4n) is 2.63. The number of halogens is 1. The predicted molar refractivity (Wildman–Crippen MR) is 82.7 cm³/mol. The molecular formula is C14H16FN7O. The molecule has 0 bridgehead atoms. The van der Waals surface area contributed by atoms with E-state index in [0.29, 0.717) is 23.5 Å². The largest absolute Gasteiger partial charge is 0.349 e. The van der Waals surface area contributed by atoms with Crippen molar-refractivity contribution in [2.24, 2.45) is 16.1 Å². The number of hydrogen-bond donors (Lipinski definition) is 1. The summed E-state index contributed by atoms with van der Waals surface area (Å²) in [4.78, 5) is 17.6. The molecule has 0 unspecified atom stereocenters. The molecule has 1 saturated carbocycles. The van der Waals surface area contributed by atoms with Crippen molar-refractivity contribution in [3.63, 3.8) is 0 Å². The van der Waals surface area contributed by atoms with Crippen molar-refractivity contribution in [2.45, 2.75) is 31.8 Å². The van der Waals surface area contributed by atoms with Gasteiger partial charge in [0.1, 0.15) is 0 Å². The van der Waals surface area contributed by atoms with E-state index in [1.165, 1.54) is 6.07 Å². The molecular weight excluding hydrogens is 301 g/mol. The van der Waals surface area contributed by atoms with Gasteiger partial charge in [0.05, 0.1) is 13.2 Å². The zero-order valence-corrected chi connectivity index (χ0v) is 12.4. The van der Waals surface area contributed by atoms with Crippen LogP contribution in [0, 0.1) is 5.92 Å². The maximum absolute atomic E-state index is 12.3. The molecule has 0 aromatic heterocycles. The Morgan fingerprint density at radius 3 is 2.74 bits per heavy atom. The lowest BCUT2D eigenvalue weighted by atomic mass is 9.78. The van der Waals surface area contributed by atoms with Crippen LogP contribution < -0.4 is 5.32 Å². The summed E-state index contributed by atoms with van der Waals surface area (Å²) >= 11 is 0. The van der Waals surface area contributed by atoms with Crippen LogP contribution in [-0.2, 0) is 6.54 Å². The molecule has 1 amide bonds. The fourth-order valence-corrected chi connectivity index (χ4v) is 2.63. The minimum atomic E-state index is -0.331. The SMILES string of the molecule is [N-]=[N+]=NCc1cc(N=[N+]=[N-])cc(C(=O)NC2CC(CCF)C2)c1. The first-order valence-electron chi connectivity index (χ1n) is 7.23. The maximum atomic E-state index is 12.3. The number of azide groups is 2. The van der Waals surface area contributed by atoms with Crippen molar-refractivity contribution in [2.75, 3.05) is 6.67 Å². The van der Waals surface area contributed by atoms with Crippen LogP contribution >= 0.6 is 0 Å². The monoisotopic (exact) mass is 317 g/mol. The molecule has 0 saturated heterocycles. The molecule has 1 aromatic carbocycles. The number of carbonyl (C=O) groups excluding carboxylic acids is 1. The molecule has 8 nitrogen and oxygen atoms in total. The van der Waals surface area contributed by atoms with E-state index in [4.69, 9.17) is 11.1 Å². The second-order valence-electron chi connectivity index (χ2n) is 5.45. The Labute approximate surface area is 131 Å². The third-order valence-corrected chi connectivity index (χ3v) is 3.80.